The first-order valence-electron chi connectivity index (χ1n) is 7.11. The number of rotatable bonds is 5. The van der Waals surface area contributed by atoms with Gasteiger partial charge in [0.1, 0.15) is 5.52 Å². The zero-order valence-electron chi connectivity index (χ0n) is 11.7. The highest BCUT2D eigenvalue weighted by molar-refractivity contribution is 5.92. The molecule has 0 atom stereocenters. The van der Waals surface area contributed by atoms with Gasteiger partial charge in [-0.3, -0.25) is 4.90 Å². The van der Waals surface area contributed by atoms with Gasteiger partial charge in [-0.05, 0) is 24.6 Å². The van der Waals surface area contributed by atoms with Gasteiger partial charge in [-0.15, -0.1) is 5.10 Å². The molecule has 0 aliphatic carbocycles. The van der Waals surface area contributed by atoms with Crippen LogP contribution < -0.4 is 0 Å². The van der Waals surface area contributed by atoms with Crippen molar-refractivity contribution in [2.24, 2.45) is 0 Å². The maximum absolute atomic E-state index is 10.9. The predicted molar refractivity (Wildman–Crippen MR) is 76.4 cm³/mol. The minimum Gasteiger partial charge on any atom is -0.478 e. The van der Waals surface area contributed by atoms with E-state index in [1.165, 1.54) is 0 Å². The molecule has 7 nitrogen and oxygen atoms in total. The summed E-state index contributed by atoms with van der Waals surface area (Å²) >= 11 is 0. The van der Waals surface area contributed by atoms with Crippen LogP contribution in [0.5, 0.6) is 0 Å². The van der Waals surface area contributed by atoms with Crippen molar-refractivity contribution in [3.63, 3.8) is 0 Å². The third kappa shape index (κ3) is 3.20. The van der Waals surface area contributed by atoms with E-state index in [9.17, 15) is 4.79 Å². The van der Waals surface area contributed by atoms with Crippen LogP contribution in [0.1, 0.15) is 16.8 Å². The molecule has 1 aliphatic rings. The molecule has 112 valence electrons. The monoisotopic (exact) mass is 290 g/mol. The first-order valence-corrected chi connectivity index (χ1v) is 7.11. The number of aromatic carboxylic acids is 1. The normalized spacial score (nSPS) is 16.4. The molecule has 2 heterocycles. The number of nitrogens with zero attached hydrogens (tertiary/aromatic N) is 4. The molecule has 3 rings (SSSR count). The van der Waals surface area contributed by atoms with Gasteiger partial charge in [0.15, 0.2) is 0 Å². The Morgan fingerprint density at radius 1 is 1.29 bits per heavy atom. The molecule has 1 aromatic heterocycles. The van der Waals surface area contributed by atoms with E-state index < -0.39 is 5.97 Å². The van der Waals surface area contributed by atoms with Crippen molar-refractivity contribution in [1.29, 1.82) is 0 Å². The fourth-order valence-electron chi connectivity index (χ4n) is 2.54. The number of ether oxygens (including phenoxy) is 1. The summed E-state index contributed by atoms with van der Waals surface area (Å²) in [7, 11) is 0. The van der Waals surface area contributed by atoms with Crippen LogP contribution in [0, 0.1) is 0 Å². The van der Waals surface area contributed by atoms with Crippen LogP contribution in [-0.4, -0.2) is 63.8 Å². The summed E-state index contributed by atoms with van der Waals surface area (Å²) in [6, 6.07) is 4.92. The predicted octanol–water partition coefficient (Wildman–Crippen LogP) is 0.852. The number of carboxylic acids is 1. The third-order valence-corrected chi connectivity index (χ3v) is 3.71. The molecule has 0 amide bonds. The van der Waals surface area contributed by atoms with Crippen LogP contribution in [0.15, 0.2) is 18.2 Å². The van der Waals surface area contributed by atoms with Crippen molar-refractivity contribution >= 4 is 17.0 Å². The Kier molecular flexibility index (Phi) is 4.12. The molecule has 21 heavy (non-hydrogen) atoms. The average Bonchev–Trinajstić information content (AvgIpc) is 2.91. The third-order valence-electron chi connectivity index (χ3n) is 3.71. The van der Waals surface area contributed by atoms with Gasteiger partial charge in [0.25, 0.3) is 0 Å². The van der Waals surface area contributed by atoms with Crippen LogP contribution in [0.2, 0.25) is 0 Å². The smallest absolute Gasteiger partial charge is 0.335 e. The van der Waals surface area contributed by atoms with Gasteiger partial charge in [0.2, 0.25) is 0 Å². The molecule has 2 aromatic rings. The topological polar surface area (TPSA) is 80.5 Å². The molecule has 0 unspecified atom stereocenters. The molecule has 1 fully saturated rings. The van der Waals surface area contributed by atoms with E-state index in [1.807, 2.05) is 4.68 Å². The maximum atomic E-state index is 10.9. The van der Waals surface area contributed by atoms with E-state index in [2.05, 4.69) is 15.2 Å². The molecule has 1 saturated heterocycles. The van der Waals surface area contributed by atoms with E-state index in [1.54, 1.807) is 18.2 Å². The summed E-state index contributed by atoms with van der Waals surface area (Å²) in [5, 5.41) is 17.1. The Bertz CT molecular complexity index is 634. The number of benzene rings is 1. The second-order valence-electron chi connectivity index (χ2n) is 5.13. The van der Waals surface area contributed by atoms with E-state index in [4.69, 9.17) is 9.84 Å². The number of aromatic nitrogens is 3. The molecular weight excluding hydrogens is 272 g/mol. The van der Waals surface area contributed by atoms with Crippen molar-refractivity contribution < 1.29 is 14.6 Å². The van der Waals surface area contributed by atoms with Crippen molar-refractivity contribution in [3.05, 3.63) is 23.8 Å². The molecule has 1 aliphatic heterocycles. The van der Waals surface area contributed by atoms with E-state index in [0.717, 1.165) is 51.3 Å². The average molecular weight is 290 g/mol. The van der Waals surface area contributed by atoms with Gasteiger partial charge in [-0.1, -0.05) is 5.21 Å². The van der Waals surface area contributed by atoms with Gasteiger partial charge >= 0.3 is 5.97 Å². The van der Waals surface area contributed by atoms with Gasteiger partial charge in [0.05, 0.1) is 24.3 Å². The quantitative estimate of drug-likeness (QED) is 0.879. The molecule has 1 N–H and O–H groups in total. The van der Waals surface area contributed by atoms with Crippen molar-refractivity contribution in [2.45, 2.75) is 13.0 Å². The molecule has 1 aromatic carbocycles. The zero-order valence-corrected chi connectivity index (χ0v) is 11.7. The summed E-state index contributed by atoms with van der Waals surface area (Å²) in [5.74, 6) is -0.946. The van der Waals surface area contributed by atoms with E-state index in [0.29, 0.717) is 5.52 Å². The summed E-state index contributed by atoms with van der Waals surface area (Å²) in [6.45, 7) is 5.38. The van der Waals surface area contributed by atoms with Crippen LogP contribution in [0.4, 0.5) is 0 Å². The number of morpholine rings is 1. The minimum absolute atomic E-state index is 0.239. The fraction of sp³-hybridized carbons (Fsp3) is 0.500. The van der Waals surface area contributed by atoms with Crippen LogP contribution in [-0.2, 0) is 11.3 Å². The lowest BCUT2D eigenvalue weighted by molar-refractivity contribution is 0.0368. The number of aryl methyl sites for hydroxylation is 1. The first-order chi connectivity index (χ1) is 10.2. The highest BCUT2D eigenvalue weighted by Gasteiger charge is 2.11. The Balaban J connectivity index is 1.63. The molecule has 0 saturated carbocycles. The highest BCUT2D eigenvalue weighted by Crippen LogP contribution is 2.14. The number of hydrogen-bond acceptors (Lipinski definition) is 5. The Hall–Kier alpha value is -1.99. The lowest BCUT2D eigenvalue weighted by atomic mass is 10.2. The van der Waals surface area contributed by atoms with Crippen LogP contribution >= 0.6 is 0 Å². The molecular formula is C14H18N4O3. The van der Waals surface area contributed by atoms with E-state index >= 15 is 0 Å². The van der Waals surface area contributed by atoms with Gasteiger partial charge in [-0.2, -0.15) is 0 Å². The Morgan fingerprint density at radius 3 is 2.86 bits per heavy atom. The largest absolute Gasteiger partial charge is 0.478 e. The fourth-order valence-corrected chi connectivity index (χ4v) is 2.54. The Morgan fingerprint density at radius 2 is 2.10 bits per heavy atom. The zero-order chi connectivity index (χ0) is 14.7. The van der Waals surface area contributed by atoms with Crippen molar-refractivity contribution in [3.8, 4) is 0 Å². The van der Waals surface area contributed by atoms with E-state index in [-0.39, 0.29) is 5.56 Å². The number of carboxylic acid groups (broad SMARTS) is 1. The van der Waals surface area contributed by atoms with Gasteiger partial charge in [-0.25, -0.2) is 9.48 Å². The minimum atomic E-state index is -0.946. The Labute approximate surface area is 122 Å². The van der Waals surface area contributed by atoms with Crippen LogP contribution in [0.3, 0.4) is 0 Å². The lowest BCUT2D eigenvalue weighted by Gasteiger charge is -2.26. The second kappa shape index (κ2) is 6.19. The maximum Gasteiger partial charge on any atom is 0.335 e. The van der Waals surface area contributed by atoms with Gasteiger partial charge in [0, 0.05) is 26.2 Å². The van der Waals surface area contributed by atoms with Crippen LogP contribution in [0.25, 0.3) is 11.0 Å². The molecule has 0 radical (unpaired) electrons. The number of hydrogen-bond donors (Lipinski definition) is 1. The summed E-state index contributed by atoms with van der Waals surface area (Å²) < 4.78 is 7.16. The summed E-state index contributed by atoms with van der Waals surface area (Å²) in [6.07, 6.45) is 0.985. The molecule has 0 spiro atoms. The SMILES string of the molecule is O=C(O)c1ccc2c(c1)nnn2CCCN1CCOCC1. The first kappa shape index (κ1) is 14.0. The number of fused-ring (bicyclic) bond motifs is 1. The lowest BCUT2D eigenvalue weighted by Crippen LogP contribution is -2.37. The second-order valence-corrected chi connectivity index (χ2v) is 5.13. The highest BCUT2D eigenvalue weighted by atomic mass is 16.5. The summed E-state index contributed by atoms with van der Waals surface area (Å²) in [4.78, 5) is 13.3. The van der Waals surface area contributed by atoms with Gasteiger partial charge < -0.3 is 9.84 Å². The molecule has 7 heteroatoms. The molecule has 0 bridgehead atoms. The standard InChI is InChI=1S/C14H18N4O3/c19-14(20)11-2-3-13-12(10-11)15-16-18(13)5-1-4-17-6-8-21-9-7-17/h2-3,10H,1,4-9H2,(H,19,20). The van der Waals surface area contributed by atoms with Crippen molar-refractivity contribution in [1.82, 2.24) is 19.9 Å². The van der Waals surface area contributed by atoms with Crippen molar-refractivity contribution in [2.75, 3.05) is 32.8 Å². The summed E-state index contributed by atoms with van der Waals surface area (Å²) in [5.41, 5.74) is 1.74. The number of carbonyl (C=O) groups is 1.